The van der Waals surface area contributed by atoms with E-state index in [9.17, 15) is 4.39 Å². The van der Waals surface area contributed by atoms with Gasteiger partial charge in [-0.25, -0.2) is 9.37 Å². The summed E-state index contributed by atoms with van der Waals surface area (Å²) < 4.78 is 18.7. The molecule has 1 fully saturated rings. The lowest BCUT2D eigenvalue weighted by Gasteiger charge is -2.33. The Morgan fingerprint density at radius 1 is 1.07 bits per heavy atom. The number of nitrogens with one attached hydrogen (secondary N) is 1. The highest BCUT2D eigenvalue weighted by molar-refractivity contribution is 5.60. The van der Waals surface area contributed by atoms with Gasteiger partial charge in [-0.2, -0.15) is 4.98 Å². The van der Waals surface area contributed by atoms with E-state index in [0.717, 1.165) is 50.5 Å². The van der Waals surface area contributed by atoms with Crippen LogP contribution in [0, 0.1) is 5.82 Å². The van der Waals surface area contributed by atoms with Gasteiger partial charge >= 0.3 is 0 Å². The number of benzene rings is 1. The third-order valence-electron chi connectivity index (χ3n) is 5.39. The molecule has 3 aromatic rings. The first-order valence-corrected chi connectivity index (χ1v) is 10.5. The third kappa shape index (κ3) is 5.20. The van der Waals surface area contributed by atoms with E-state index in [1.807, 2.05) is 12.1 Å². The van der Waals surface area contributed by atoms with E-state index in [-0.39, 0.29) is 5.82 Å². The molecule has 0 radical (unpaired) electrons. The second-order valence-corrected chi connectivity index (χ2v) is 7.42. The largest absolute Gasteiger partial charge is 0.370 e. The van der Waals surface area contributed by atoms with Crippen molar-refractivity contribution in [3.8, 4) is 22.8 Å². The highest BCUT2D eigenvalue weighted by Crippen LogP contribution is 2.22. The predicted octanol–water partition coefficient (Wildman–Crippen LogP) is 3.38. The number of rotatable bonds is 8. The van der Waals surface area contributed by atoms with Crippen molar-refractivity contribution >= 4 is 5.82 Å². The molecular weight excluding hydrogens is 383 g/mol. The van der Waals surface area contributed by atoms with Crippen molar-refractivity contribution in [2.45, 2.75) is 13.3 Å². The Morgan fingerprint density at radius 2 is 1.90 bits per heavy atom. The van der Waals surface area contributed by atoms with Crippen LogP contribution >= 0.6 is 0 Å². The molecule has 1 aliphatic rings. The molecule has 8 heteroatoms. The second-order valence-electron chi connectivity index (χ2n) is 7.42. The van der Waals surface area contributed by atoms with E-state index < -0.39 is 0 Å². The van der Waals surface area contributed by atoms with Gasteiger partial charge in [0.1, 0.15) is 11.6 Å². The molecule has 0 atom stereocenters. The highest BCUT2D eigenvalue weighted by atomic mass is 19.1. The fourth-order valence-corrected chi connectivity index (χ4v) is 3.56. The molecule has 0 saturated carbocycles. The maximum atomic E-state index is 13.4. The van der Waals surface area contributed by atoms with Gasteiger partial charge in [0.15, 0.2) is 0 Å². The zero-order chi connectivity index (χ0) is 20.8. The van der Waals surface area contributed by atoms with Gasteiger partial charge in [0.05, 0.1) is 5.56 Å². The maximum absolute atomic E-state index is 13.4. The van der Waals surface area contributed by atoms with Crippen molar-refractivity contribution in [1.82, 2.24) is 24.9 Å². The van der Waals surface area contributed by atoms with Crippen LogP contribution in [0.3, 0.4) is 0 Å². The van der Waals surface area contributed by atoms with E-state index in [1.165, 1.54) is 25.2 Å². The molecule has 0 amide bonds. The van der Waals surface area contributed by atoms with Crippen molar-refractivity contribution in [3.05, 3.63) is 48.4 Å². The SMILES string of the molecule is CCN1CCN(CCCNc2ccc(-c3nc(-c4cccc(F)c4)no3)cn2)CC1. The molecule has 3 heterocycles. The lowest BCUT2D eigenvalue weighted by atomic mass is 10.2. The highest BCUT2D eigenvalue weighted by Gasteiger charge is 2.15. The van der Waals surface area contributed by atoms with Crippen molar-refractivity contribution in [1.29, 1.82) is 0 Å². The number of anilines is 1. The minimum atomic E-state index is -0.334. The van der Waals surface area contributed by atoms with Gasteiger partial charge in [-0.3, -0.25) is 0 Å². The summed E-state index contributed by atoms with van der Waals surface area (Å²) in [6.07, 6.45) is 2.78. The zero-order valence-electron chi connectivity index (χ0n) is 17.2. The van der Waals surface area contributed by atoms with Crippen LogP contribution in [0.5, 0.6) is 0 Å². The third-order valence-corrected chi connectivity index (χ3v) is 5.39. The Kier molecular flexibility index (Phi) is 6.66. The lowest BCUT2D eigenvalue weighted by Crippen LogP contribution is -2.46. The predicted molar refractivity (Wildman–Crippen MR) is 115 cm³/mol. The summed E-state index contributed by atoms with van der Waals surface area (Å²) in [7, 11) is 0. The Morgan fingerprint density at radius 3 is 2.63 bits per heavy atom. The van der Waals surface area contributed by atoms with Crippen molar-refractivity contribution < 1.29 is 8.91 Å². The van der Waals surface area contributed by atoms with Crippen LogP contribution in [-0.4, -0.2) is 70.7 Å². The van der Waals surface area contributed by atoms with Gasteiger partial charge in [0.25, 0.3) is 5.89 Å². The molecule has 1 aliphatic heterocycles. The van der Waals surface area contributed by atoms with Gasteiger partial charge in [-0.1, -0.05) is 24.2 Å². The summed E-state index contributed by atoms with van der Waals surface area (Å²) >= 11 is 0. The number of hydrogen-bond acceptors (Lipinski definition) is 7. The normalized spacial score (nSPS) is 15.4. The molecule has 7 nitrogen and oxygen atoms in total. The number of hydrogen-bond donors (Lipinski definition) is 1. The van der Waals surface area contributed by atoms with E-state index in [0.29, 0.717) is 17.3 Å². The molecule has 1 N–H and O–H groups in total. The fraction of sp³-hybridized carbons (Fsp3) is 0.409. The maximum Gasteiger partial charge on any atom is 0.259 e. The van der Waals surface area contributed by atoms with Gasteiger partial charge in [-0.15, -0.1) is 0 Å². The average Bonchev–Trinajstić information content (AvgIpc) is 3.28. The molecule has 1 saturated heterocycles. The first kappa shape index (κ1) is 20.4. The lowest BCUT2D eigenvalue weighted by molar-refractivity contribution is 0.137. The molecule has 0 unspecified atom stereocenters. The monoisotopic (exact) mass is 410 g/mol. The Balaban J connectivity index is 1.25. The first-order chi connectivity index (χ1) is 14.7. The zero-order valence-corrected chi connectivity index (χ0v) is 17.2. The number of pyridine rings is 1. The Bertz CT molecular complexity index is 937. The smallest absolute Gasteiger partial charge is 0.259 e. The number of halogens is 1. The number of piperazine rings is 1. The van der Waals surface area contributed by atoms with Gasteiger partial charge in [0, 0.05) is 44.5 Å². The quantitative estimate of drug-likeness (QED) is 0.571. The number of nitrogens with zero attached hydrogens (tertiary/aromatic N) is 5. The van der Waals surface area contributed by atoms with Crippen molar-refractivity contribution in [3.63, 3.8) is 0 Å². The van der Waals surface area contributed by atoms with Crippen molar-refractivity contribution in [2.24, 2.45) is 0 Å². The fourth-order valence-electron chi connectivity index (χ4n) is 3.56. The molecule has 0 bridgehead atoms. The molecule has 158 valence electrons. The van der Waals surface area contributed by atoms with Crippen LogP contribution in [0.25, 0.3) is 22.8 Å². The number of likely N-dealkylation sites (N-methyl/N-ethyl adjacent to an activating group) is 1. The second kappa shape index (κ2) is 9.77. The van der Waals surface area contributed by atoms with Gasteiger partial charge in [0.2, 0.25) is 5.82 Å². The summed E-state index contributed by atoms with van der Waals surface area (Å²) in [5.41, 5.74) is 1.30. The van der Waals surface area contributed by atoms with E-state index >= 15 is 0 Å². The summed E-state index contributed by atoms with van der Waals surface area (Å²) in [5, 5.41) is 7.30. The van der Waals surface area contributed by atoms with Crippen molar-refractivity contribution in [2.75, 3.05) is 51.1 Å². The standard InChI is InChI=1S/C22H27FN6O/c1-2-28-11-13-29(14-12-28)10-4-9-24-20-8-7-18(16-25-20)22-26-21(27-30-22)17-5-3-6-19(23)15-17/h3,5-8,15-16H,2,4,9-14H2,1H3,(H,24,25). The minimum absolute atomic E-state index is 0.334. The van der Waals surface area contributed by atoms with E-state index in [2.05, 4.69) is 37.2 Å². The van der Waals surface area contributed by atoms with Crippen LogP contribution < -0.4 is 5.32 Å². The van der Waals surface area contributed by atoms with Gasteiger partial charge in [-0.05, 0) is 43.8 Å². The average molecular weight is 410 g/mol. The summed E-state index contributed by atoms with van der Waals surface area (Å²) in [4.78, 5) is 13.8. The topological polar surface area (TPSA) is 70.3 Å². The molecule has 1 aromatic carbocycles. The summed E-state index contributed by atoms with van der Waals surface area (Å²) in [6.45, 7) is 10.0. The summed E-state index contributed by atoms with van der Waals surface area (Å²) in [5.74, 6) is 1.20. The van der Waals surface area contributed by atoms with Crippen LogP contribution in [0.4, 0.5) is 10.2 Å². The summed E-state index contributed by atoms with van der Waals surface area (Å²) in [6, 6.07) is 9.92. The Hall–Kier alpha value is -2.84. The molecule has 30 heavy (non-hydrogen) atoms. The van der Waals surface area contributed by atoms with Crippen LogP contribution in [0.2, 0.25) is 0 Å². The van der Waals surface area contributed by atoms with Gasteiger partial charge < -0.3 is 19.6 Å². The molecule has 0 spiro atoms. The Labute approximate surface area is 175 Å². The molecule has 2 aromatic heterocycles. The van der Waals surface area contributed by atoms with Crippen LogP contribution in [0.15, 0.2) is 47.1 Å². The number of aromatic nitrogens is 3. The van der Waals surface area contributed by atoms with E-state index in [4.69, 9.17) is 4.52 Å². The van der Waals surface area contributed by atoms with E-state index in [1.54, 1.807) is 18.3 Å². The molecule has 4 rings (SSSR count). The van der Waals surface area contributed by atoms with Crippen LogP contribution in [0.1, 0.15) is 13.3 Å². The van der Waals surface area contributed by atoms with Crippen LogP contribution in [-0.2, 0) is 0 Å². The molecule has 0 aliphatic carbocycles. The molecular formula is C22H27FN6O. The first-order valence-electron chi connectivity index (χ1n) is 10.5. The minimum Gasteiger partial charge on any atom is -0.370 e.